The number of ether oxygens (including phenoxy) is 1. The Hall–Kier alpha value is -3.09. The number of carbonyl (C=O) groups excluding carboxylic acids is 1. The Morgan fingerprint density at radius 1 is 1.48 bits per heavy atom. The fourth-order valence-electron chi connectivity index (χ4n) is 4.58. The summed E-state index contributed by atoms with van der Waals surface area (Å²) < 4.78 is 19.6. The molecule has 0 bridgehead atoms. The number of nitrogens with two attached hydrogens (primary N) is 1. The number of hydrogen-bond donors (Lipinski definition) is 3. The topological polar surface area (TPSA) is 110 Å². The summed E-state index contributed by atoms with van der Waals surface area (Å²) in [6, 6.07) is 6.14. The number of thioether (sulfide) groups is 1. The van der Waals surface area contributed by atoms with Crippen LogP contribution < -0.4 is 15.8 Å². The van der Waals surface area contributed by atoms with Crippen LogP contribution in [0.3, 0.4) is 0 Å². The van der Waals surface area contributed by atoms with E-state index in [1.165, 1.54) is 30.1 Å². The van der Waals surface area contributed by atoms with Gasteiger partial charge in [0.05, 0.1) is 23.1 Å². The van der Waals surface area contributed by atoms with Gasteiger partial charge in [0.1, 0.15) is 23.9 Å². The van der Waals surface area contributed by atoms with Gasteiger partial charge < -0.3 is 20.9 Å². The molecule has 3 atom stereocenters. The van der Waals surface area contributed by atoms with E-state index in [0.29, 0.717) is 28.6 Å². The zero-order valence-electron chi connectivity index (χ0n) is 16.4. The van der Waals surface area contributed by atoms with E-state index in [1.807, 2.05) is 0 Å². The third-order valence-electron chi connectivity index (χ3n) is 6.14. The first-order valence-electron chi connectivity index (χ1n) is 9.72. The van der Waals surface area contributed by atoms with Crippen molar-refractivity contribution in [1.29, 1.82) is 0 Å². The number of amides is 1. The maximum absolute atomic E-state index is 14.7. The van der Waals surface area contributed by atoms with Crippen LogP contribution in [0.5, 0.6) is 5.75 Å². The average Bonchev–Trinajstić information content (AvgIpc) is 3.48. The van der Waals surface area contributed by atoms with Crippen LogP contribution in [0.4, 0.5) is 10.1 Å². The summed E-state index contributed by atoms with van der Waals surface area (Å²) in [4.78, 5) is 21.3. The van der Waals surface area contributed by atoms with Crippen LogP contribution in [-0.4, -0.2) is 39.1 Å². The lowest BCUT2D eigenvalue weighted by molar-refractivity contribution is 0.102. The van der Waals surface area contributed by atoms with Crippen LogP contribution in [0.1, 0.15) is 28.0 Å². The highest BCUT2D eigenvalue weighted by atomic mass is 32.2. The number of halogens is 1. The molecule has 1 aromatic carbocycles. The van der Waals surface area contributed by atoms with Crippen LogP contribution >= 0.6 is 11.8 Å². The fourth-order valence-corrected chi connectivity index (χ4v) is 5.86. The van der Waals surface area contributed by atoms with Gasteiger partial charge in [0.15, 0.2) is 5.17 Å². The van der Waals surface area contributed by atoms with Crippen molar-refractivity contribution in [3.05, 3.63) is 53.1 Å². The van der Waals surface area contributed by atoms with Crippen molar-refractivity contribution in [2.24, 2.45) is 16.6 Å². The number of rotatable bonds is 5. The second kappa shape index (κ2) is 6.97. The summed E-state index contributed by atoms with van der Waals surface area (Å²) in [5.41, 5.74) is 7.17. The number of anilines is 1. The first-order valence-corrected chi connectivity index (χ1v) is 10.5. The van der Waals surface area contributed by atoms with Gasteiger partial charge in [-0.15, -0.1) is 6.42 Å². The average molecular weight is 438 g/mol. The van der Waals surface area contributed by atoms with Crippen molar-refractivity contribution < 1.29 is 19.0 Å². The van der Waals surface area contributed by atoms with Crippen molar-refractivity contribution in [3.8, 4) is 18.1 Å². The number of fused-ring (bicyclic) bond motifs is 4. The third-order valence-corrected chi connectivity index (χ3v) is 7.43. The maximum Gasteiger partial charge on any atom is 0.274 e. The second-order valence-corrected chi connectivity index (χ2v) is 9.38. The Balaban J connectivity index is 1.39. The number of benzene rings is 1. The highest BCUT2D eigenvalue weighted by Gasteiger charge is 2.70. The van der Waals surface area contributed by atoms with Crippen LogP contribution in [0.25, 0.3) is 0 Å². The summed E-state index contributed by atoms with van der Waals surface area (Å²) in [6.45, 7) is 0.106. The van der Waals surface area contributed by atoms with Crippen LogP contribution in [0.15, 0.2) is 35.5 Å². The minimum absolute atomic E-state index is 0.00126. The molecule has 1 spiro atoms. The first-order chi connectivity index (χ1) is 14.9. The zero-order chi connectivity index (χ0) is 21.8. The largest absolute Gasteiger partial charge is 0.479 e. The Bertz CT molecular complexity index is 1160. The van der Waals surface area contributed by atoms with Crippen molar-refractivity contribution in [3.63, 3.8) is 0 Å². The molecule has 9 heteroatoms. The molecule has 5 rings (SSSR count). The summed E-state index contributed by atoms with van der Waals surface area (Å²) >= 11 is 1.40. The van der Waals surface area contributed by atoms with E-state index in [9.17, 15) is 14.3 Å². The van der Waals surface area contributed by atoms with Gasteiger partial charge >= 0.3 is 0 Å². The number of amidine groups is 1. The molecule has 2 aromatic rings. The van der Waals surface area contributed by atoms with Crippen molar-refractivity contribution in [2.45, 2.75) is 23.1 Å². The second-order valence-electron chi connectivity index (χ2n) is 7.94. The van der Waals surface area contributed by atoms with Gasteiger partial charge in [0.2, 0.25) is 0 Å². The molecule has 1 aromatic heterocycles. The van der Waals surface area contributed by atoms with Gasteiger partial charge in [-0.1, -0.05) is 17.7 Å². The van der Waals surface area contributed by atoms with Crippen LogP contribution in [0, 0.1) is 24.1 Å². The van der Waals surface area contributed by atoms with E-state index in [0.717, 1.165) is 12.0 Å². The van der Waals surface area contributed by atoms with Gasteiger partial charge in [-0.2, -0.15) is 0 Å². The maximum atomic E-state index is 14.7. The van der Waals surface area contributed by atoms with Crippen molar-refractivity contribution >= 4 is 28.5 Å². The van der Waals surface area contributed by atoms with E-state index in [4.69, 9.17) is 16.9 Å². The number of terminal acetylenes is 1. The molecule has 158 valence electrons. The molecule has 0 saturated heterocycles. The highest BCUT2D eigenvalue weighted by molar-refractivity contribution is 8.15. The summed E-state index contributed by atoms with van der Waals surface area (Å²) in [7, 11) is 0. The lowest BCUT2D eigenvalue weighted by atomic mass is 9.67. The van der Waals surface area contributed by atoms with Crippen LogP contribution in [0.2, 0.25) is 0 Å². The number of aromatic nitrogens is 1. The minimum atomic E-state index is -0.636. The number of nitrogens with one attached hydrogen (secondary N) is 1. The fraction of sp³-hybridized carbons (Fsp3) is 0.318. The standard InChI is InChI=1S/C22H19FN4O3S/c1-2-5-30-13-3-4-17(25-10-13)19(29)26-12-6-15-14(16(23)7-12)8-22(15)18-9-21(18,11-28)31-20(24)27-22/h1,3-4,6-7,10,18,28H,5,8-9,11H2,(H2,24,27)(H,26,29)/t18-,21-,22-/m1/s1. The van der Waals surface area contributed by atoms with E-state index >= 15 is 0 Å². The predicted molar refractivity (Wildman–Crippen MR) is 115 cm³/mol. The van der Waals surface area contributed by atoms with E-state index < -0.39 is 17.3 Å². The number of hydrogen-bond acceptors (Lipinski definition) is 7. The predicted octanol–water partition coefficient (Wildman–Crippen LogP) is 2.05. The molecule has 4 N–H and O–H groups in total. The molecule has 1 fully saturated rings. The Labute approximate surface area is 182 Å². The normalized spacial score (nSPS) is 27.3. The number of pyridine rings is 1. The molecule has 1 aliphatic heterocycles. The molecule has 0 radical (unpaired) electrons. The monoisotopic (exact) mass is 438 g/mol. The van der Waals surface area contributed by atoms with Gasteiger partial charge in [-0.25, -0.2) is 9.37 Å². The van der Waals surface area contributed by atoms with Crippen LogP contribution in [-0.2, 0) is 12.0 Å². The molecule has 2 aliphatic carbocycles. The Morgan fingerprint density at radius 2 is 2.32 bits per heavy atom. The summed E-state index contributed by atoms with van der Waals surface area (Å²) in [5, 5.41) is 12.9. The molecule has 2 heterocycles. The summed E-state index contributed by atoms with van der Waals surface area (Å²) in [6.07, 6.45) is 7.76. The first kappa shape index (κ1) is 19.8. The Morgan fingerprint density at radius 3 is 3.03 bits per heavy atom. The van der Waals surface area contributed by atoms with E-state index in [2.05, 4.69) is 21.2 Å². The molecular formula is C22H19FN4O3S. The highest BCUT2D eigenvalue weighted by Crippen LogP contribution is 2.69. The van der Waals surface area contributed by atoms with E-state index in [-0.39, 0.29) is 29.6 Å². The van der Waals surface area contributed by atoms with Crippen molar-refractivity contribution in [1.82, 2.24) is 4.98 Å². The molecule has 3 aliphatic rings. The number of nitrogens with zero attached hydrogens (tertiary/aromatic N) is 2. The quantitative estimate of drug-likeness (QED) is 0.617. The Kier molecular flexibility index (Phi) is 4.46. The smallest absolute Gasteiger partial charge is 0.274 e. The zero-order valence-corrected chi connectivity index (χ0v) is 17.2. The number of aliphatic imine (C=N–C) groups is 1. The molecule has 7 nitrogen and oxygen atoms in total. The molecule has 1 saturated carbocycles. The van der Waals surface area contributed by atoms with E-state index in [1.54, 1.807) is 12.1 Å². The van der Waals surface area contributed by atoms with Gasteiger partial charge in [0, 0.05) is 18.0 Å². The van der Waals surface area contributed by atoms with Crippen molar-refractivity contribution in [2.75, 3.05) is 18.5 Å². The number of aliphatic hydroxyl groups is 1. The lowest BCUT2D eigenvalue weighted by Gasteiger charge is -2.45. The molecular weight excluding hydrogens is 419 g/mol. The number of carbonyl (C=O) groups is 1. The van der Waals surface area contributed by atoms with Gasteiger partial charge in [0.25, 0.3) is 5.91 Å². The molecule has 31 heavy (non-hydrogen) atoms. The molecule has 0 unspecified atom stereocenters. The third kappa shape index (κ3) is 3.06. The SMILES string of the molecule is C#CCOc1ccc(C(=O)Nc2cc(F)c3c(c2)[C@@]2(C3)N=C(N)S[C@@]3(CO)C[C@H]32)nc1. The van der Waals surface area contributed by atoms with Gasteiger partial charge in [-0.05, 0) is 41.8 Å². The molecule has 1 amide bonds. The lowest BCUT2D eigenvalue weighted by Crippen LogP contribution is -2.47. The summed E-state index contributed by atoms with van der Waals surface area (Å²) in [5.74, 6) is 2.02. The minimum Gasteiger partial charge on any atom is -0.479 e. The number of aliphatic hydroxyl groups excluding tert-OH is 1. The van der Waals surface area contributed by atoms with Gasteiger partial charge in [-0.3, -0.25) is 9.79 Å².